The predicted molar refractivity (Wildman–Crippen MR) is 61.4 cm³/mol. The van der Waals surface area contributed by atoms with Crippen LogP contribution in [0.25, 0.3) is 0 Å². The Balaban J connectivity index is 2.57. The highest BCUT2D eigenvalue weighted by molar-refractivity contribution is 5.73. The number of carboxylic acid groups (broad SMARTS) is 1. The van der Waals surface area contributed by atoms with Crippen LogP contribution in [0.2, 0.25) is 0 Å². The van der Waals surface area contributed by atoms with Crippen molar-refractivity contribution in [1.29, 1.82) is 0 Å². The second-order valence-electron chi connectivity index (χ2n) is 4.16. The molecule has 106 valence electrons. The average molecular weight is 277 g/mol. The molecule has 0 bridgehead atoms. The molecule has 0 saturated heterocycles. The van der Waals surface area contributed by atoms with E-state index >= 15 is 0 Å². The zero-order chi connectivity index (χ0) is 14.6. The molecule has 1 rings (SSSR count). The monoisotopic (exact) mass is 277 g/mol. The van der Waals surface area contributed by atoms with E-state index < -0.39 is 29.9 Å². The molecule has 2 atom stereocenters. The highest BCUT2D eigenvalue weighted by atomic mass is 19.4. The number of hydrogen-bond acceptors (Lipinski definition) is 3. The summed E-state index contributed by atoms with van der Waals surface area (Å²) in [6.07, 6.45) is -5.30. The van der Waals surface area contributed by atoms with Crippen LogP contribution in [0.3, 0.4) is 0 Å². The van der Waals surface area contributed by atoms with Crippen molar-refractivity contribution >= 4 is 5.97 Å². The zero-order valence-electron chi connectivity index (χ0n) is 9.89. The van der Waals surface area contributed by atoms with Gasteiger partial charge in [-0.25, -0.2) is 0 Å². The first kappa shape index (κ1) is 15.5. The molecule has 0 spiro atoms. The van der Waals surface area contributed by atoms with Crippen LogP contribution in [-0.4, -0.2) is 28.3 Å². The fourth-order valence-corrected chi connectivity index (χ4v) is 1.52. The van der Waals surface area contributed by atoms with Gasteiger partial charge in [-0.15, -0.1) is 0 Å². The molecule has 0 amide bonds. The summed E-state index contributed by atoms with van der Waals surface area (Å²) in [4.78, 5) is 10.5. The first-order valence-corrected chi connectivity index (χ1v) is 5.54. The van der Waals surface area contributed by atoms with Crippen LogP contribution in [-0.2, 0) is 17.4 Å². The van der Waals surface area contributed by atoms with E-state index in [1.807, 2.05) is 0 Å². The molecule has 4 N–H and O–H groups in total. The van der Waals surface area contributed by atoms with Gasteiger partial charge in [-0.1, -0.05) is 12.1 Å². The number of carboxylic acids is 1. The van der Waals surface area contributed by atoms with Crippen molar-refractivity contribution in [2.75, 3.05) is 0 Å². The minimum Gasteiger partial charge on any atom is -0.480 e. The van der Waals surface area contributed by atoms with Gasteiger partial charge in [0.1, 0.15) is 6.04 Å². The number of aliphatic carboxylic acids is 1. The SMILES string of the molecule is NC(C(=O)O)C(O)CCc1ccc(C(F)(F)F)cc1. The number of aliphatic hydroxyl groups excluding tert-OH is 1. The van der Waals surface area contributed by atoms with Gasteiger partial charge in [-0.3, -0.25) is 4.79 Å². The van der Waals surface area contributed by atoms with E-state index in [9.17, 15) is 23.1 Å². The van der Waals surface area contributed by atoms with Crippen molar-refractivity contribution in [3.63, 3.8) is 0 Å². The molecule has 0 fully saturated rings. The Morgan fingerprint density at radius 2 is 1.79 bits per heavy atom. The van der Waals surface area contributed by atoms with Gasteiger partial charge in [0.05, 0.1) is 11.7 Å². The summed E-state index contributed by atoms with van der Waals surface area (Å²) >= 11 is 0. The van der Waals surface area contributed by atoms with E-state index in [1.165, 1.54) is 12.1 Å². The maximum atomic E-state index is 12.3. The molecule has 0 aliphatic heterocycles. The predicted octanol–water partition coefficient (Wildman–Crippen LogP) is 1.41. The topological polar surface area (TPSA) is 83.6 Å². The Labute approximate surface area is 107 Å². The summed E-state index contributed by atoms with van der Waals surface area (Å²) in [6, 6.07) is 3.08. The van der Waals surface area contributed by atoms with Crippen LogP contribution in [0.1, 0.15) is 17.5 Å². The van der Waals surface area contributed by atoms with Crippen LogP contribution >= 0.6 is 0 Å². The Bertz CT molecular complexity index is 431. The van der Waals surface area contributed by atoms with Crippen molar-refractivity contribution in [2.45, 2.75) is 31.2 Å². The van der Waals surface area contributed by atoms with Crippen LogP contribution in [0.5, 0.6) is 0 Å². The number of benzene rings is 1. The van der Waals surface area contributed by atoms with Gasteiger partial charge in [0.15, 0.2) is 0 Å². The van der Waals surface area contributed by atoms with Crippen molar-refractivity contribution in [3.05, 3.63) is 35.4 Å². The summed E-state index contributed by atoms with van der Waals surface area (Å²) in [6.45, 7) is 0. The van der Waals surface area contributed by atoms with Crippen molar-refractivity contribution in [2.24, 2.45) is 5.73 Å². The third-order valence-electron chi connectivity index (χ3n) is 2.71. The molecule has 0 saturated carbocycles. The molecule has 19 heavy (non-hydrogen) atoms. The molecule has 2 unspecified atom stereocenters. The number of halogens is 3. The molecule has 1 aromatic carbocycles. The smallest absolute Gasteiger partial charge is 0.416 e. The van der Waals surface area contributed by atoms with E-state index in [2.05, 4.69) is 0 Å². The van der Waals surface area contributed by atoms with Crippen molar-refractivity contribution in [1.82, 2.24) is 0 Å². The third kappa shape index (κ3) is 4.53. The lowest BCUT2D eigenvalue weighted by molar-refractivity contribution is -0.141. The Hall–Kier alpha value is -1.60. The molecule has 7 heteroatoms. The van der Waals surface area contributed by atoms with Gasteiger partial charge >= 0.3 is 12.1 Å². The van der Waals surface area contributed by atoms with Gasteiger partial charge in [-0.2, -0.15) is 13.2 Å². The lowest BCUT2D eigenvalue weighted by Crippen LogP contribution is -2.41. The highest BCUT2D eigenvalue weighted by Gasteiger charge is 2.30. The molecule has 0 aliphatic carbocycles. The summed E-state index contributed by atoms with van der Waals surface area (Å²) in [5.74, 6) is -1.32. The lowest BCUT2D eigenvalue weighted by atomic mass is 10.0. The summed E-state index contributed by atoms with van der Waals surface area (Å²) in [5, 5.41) is 18.0. The summed E-state index contributed by atoms with van der Waals surface area (Å²) in [5.41, 5.74) is 5.03. The highest BCUT2D eigenvalue weighted by Crippen LogP contribution is 2.29. The number of aliphatic hydroxyl groups is 1. The molecule has 0 aromatic heterocycles. The average Bonchev–Trinajstić information content (AvgIpc) is 2.34. The minimum absolute atomic E-state index is 0.0683. The quantitative estimate of drug-likeness (QED) is 0.760. The van der Waals surface area contributed by atoms with Crippen LogP contribution < -0.4 is 5.73 Å². The molecular formula is C12H14F3NO3. The number of alkyl halides is 3. The number of rotatable bonds is 5. The number of aryl methyl sites for hydroxylation is 1. The second-order valence-corrected chi connectivity index (χ2v) is 4.16. The molecule has 4 nitrogen and oxygen atoms in total. The van der Waals surface area contributed by atoms with Gasteiger partial charge in [0.25, 0.3) is 0 Å². The number of hydrogen-bond donors (Lipinski definition) is 3. The van der Waals surface area contributed by atoms with Crippen LogP contribution in [0.4, 0.5) is 13.2 Å². The largest absolute Gasteiger partial charge is 0.480 e. The Kier molecular flexibility index (Phi) is 4.90. The molecule has 1 aromatic rings. The minimum atomic E-state index is -4.39. The van der Waals surface area contributed by atoms with Crippen LogP contribution in [0.15, 0.2) is 24.3 Å². The lowest BCUT2D eigenvalue weighted by Gasteiger charge is -2.14. The molecule has 0 aliphatic rings. The van der Waals surface area contributed by atoms with E-state index in [0.29, 0.717) is 5.56 Å². The van der Waals surface area contributed by atoms with Gasteiger partial charge in [0.2, 0.25) is 0 Å². The fourth-order valence-electron chi connectivity index (χ4n) is 1.52. The second kappa shape index (κ2) is 6.03. The maximum Gasteiger partial charge on any atom is 0.416 e. The Morgan fingerprint density at radius 1 is 1.26 bits per heavy atom. The van der Waals surface area contributed by atoms with E-state index in [-0.39, 0.29) is 12.8 Å². The zero-order valence-corrected chi connectivity index (χ0v) is 9.89. The number of carbonyl (C=O) groups is 1. The Morgan fingerprint density at radius 3 is 2.21 bits per heavy atom. The first-order valence-electron chi connectivity index (χ1n) is 5.54. The standard InChI is InChI=1S/C12H14F3NO3/c13-12(14,15)8-4-1-7(2-5-8)3-6-9(17)10(16)11(18)19/h1-2,4-5,9-10,17H,3,6,16H2,(H,18,19). The molecule has 0 heterocycles. The van der Waals surface area contributed by atoms with E-state index in [1.54, 1.807) is 0 Å². The third-order valence-corrected chi connectivity index (χ3v) is 2.71. The van der Waals surface area contributed by atoms with Crippen molar-refractivity contribution in [3.8, 4) is 0 Å². The van der Waals surface area contributed by atoms with E-state index in [0.717, 1.165) is 12.1 Å². The van der Waals surface area contributed by atoms with Crippen LogP contribution in [0, 0.1) is 0 Å². The normalized spacial score (nSPS) is 15.0. The van der Waals surface area contributed by atoms with Crippen molar-refractivity contribution < 1.29 is 28.2 Å². The maximum absolute atomic E-state index is 12.3. The first-order chi connectivity index (χ1) is 8.71. The van der Waals surface area contributed by atoms with Gasteiger partial charge in [0, 0.05) is 0 Å². The van der Waals surface area contributed by atoms with Gasteiger partial charge in [-0.05, 0) is 30.5 Å². The molecular weight excluding hydrogens is 263 g/mol. The van der Waals surface area contributed by atoms with E-state index in [4.69, 9.17) is 10.8 Å². The number of nitrogens with two attached hydrogens (primary N) is 1. The fraction of sp³-hybridized carbons (Fsp3) is 0.417. The summed E-state index contributed by atoms with van der Waals surface area (Å²) in [7, 11) is 0. The molecule has 0 radical (unpaired) electrons. The van der Waals surface area contributed by atoms with Gasteiger partial charge < -0.3 is 15.9 Å². The summed E-state index contributed by atoms with van der Waals surface area (Å²) < 4.78 is 36.9.